The van der Waals surface area contributed by atoms with Crippen LogP contribution in [-0.2, 0) is 6.54 Å². The first-order valence-corrected chi connectivity index (χ1v) is 8.79. The molecule has 3 nitrogen and oxygen atoms in total. The fourth-order valence-corrected chi connectivity index (χ4v) is 4.11. The Morgan fingerprint density at radius 1 is 1.32 bits per heavy atom. The van der Waals surface area contributed by atoms with Crippen molar-refractivity contribution < 1.29 is 0 Å². The molecule has 1 aliphatic heterocycles. The Hall–Kier alpha value is -0.680. The lowest BCUT2D eigenvalue weighted by Gasteiger charge is -2.32. The van der Waals surface area contributed by atoms with Crippen molar-refractivity contribution >= 4 is 34.0 Å². The molecule has 0 unspecified atom stereocenters. The number of rotatable bonds is 5. The minimum atomic E-state index is 0. The number of fused-ring (bicyclic) bond motifs is 1. The zero-order valence-corrected chi connectivity index (χ0v) is 15.1. The normalized spacial score (nSPS) is 16.8. The fraction of sp³-hybridized carbons (Fsp3) is 0.588. The van der Waals surface area contributed by atoms with Gasteiger partial charge in [-0.25, -0.2) is 4.98 Å². The van der Waals surface area contributed by atoms with Crippen LogP contribution in [0.2, 0.25) is 0 Å². The second-order valence-corrected chi connectivity index (χ2v) is 7.38. The second-order valence-electron chi connectivity index (χ2n) is 6.15. The Kier molecular flexibility index (Phi) is 6.63. The maximum absolute atomic E-state index is 4.54. The summed E-state index contributed by atoms with van der Waals surface area (Å²) in [6.45, 7) is 6.82. The SMILES string of the molecule is CNCCC1CCN(Cc2ccc3nc(C)sc3c2)CC1.Cl. The third kappa shape index (κ3) is 4.42. The number of aromatic nitrogens is 1. The molecule has 5 heteroatoms. The van der Waals surface area contributed by atoms with Crippen molar-refractivity contribution in [2.45, 2.75) is 32.7 Å². The summed E-state index contributed by atoms with van der Waals surface area (Å²) >= 11 is 1.80. The van der Waals surface area contributed by atoms with Gasteiger partial charge in [-0.15, -0.1) is 23.7 Å². The van der Waals surface area contributed by atoms with E-state index in [0.29, 0.717) is 0 Å². The number of nitrogens with one attached hydrogen (secondary N) is 1. The van der Waals surface area contributed by atoms with E-state index in [0.717, 1.165) is 29.5 Å². The van der Waals surface area contributed by atoms with E-state index >= 15 is 0 Å². The van der Waals surface area contributed by atoms with Gasteiger partial charge in [0, 0.05) is 6.54 Å². The quantitative estimate of drug-likeness (QED) is 0.896. The Morgan fingerprint density at radius 3 is 2.82 bits per heavy atom. The van der Waals surface area contributed by atoms with Gasteiger partial charge in [0.25, 0.3) is 0 Å². The van der Waals surface area contributed by atoms with Crippen LogP contribution in [0.15, 0.2) is 18.2 Å². The van der Waals surface area contributed by atoms with Crippen molar-refractivity contribution in [2.24, 2.45) is 5.92 Å². The van der Waals surface area contributed by atoms with E-state index in [1.807, 2.05) is 7.05 Å². The van der Waals surface area contributed by atoms with Crippen LogP contribution < -0.4 is 5.32 Å². The number of nitrogens with zero attached hydrogens (tertiary/aromatic N) is 2. The predicted molar refractivity (Wildman–Crippen MR) is 98.1 cm³/mol. The van der Waals surface area contributed by atoms with Crippen LogP contribution in [0.25, 0.3) is 10.2 Å². The van der Waals surface area contributed by atoms with Gasteiger partial charge in [-0.2, -0.15) is 0 Å². The summed E-state index contributed by atoms with van der Waals surface area (Å²) in [6.07, 6.45) is 4.03. The number of hydrogen-bond donors (Lipinski definition) is 1. The van der Waals surface area contributed by atoms with E-state index < -0.39 is 0 Å². The minimum absolute atomic E-state index is 0. The van der Waals surface area contributed by atoms with Crippen molar-refractivity contribution in [3.63, 3.8) is 0 Å². The maximum Gasteiger partial charge on any atom is 0.0907 e. The Labute approximate surface area is 143 Å². The minimum Gasteiger partial charge on any atom is -0.320 e. The summed E-state index contributed by atoms with van der Waals surface area (Å²) in [6, 6.07) is 6.75. The highest BCUT2D eigenvalue weighted by atomic mass is 35.5. The predicted octanol–water partition coefficient (Wildman–Crippen LogP) is 3.85. The molecule has 1 aromatic heterocycles. The third-order valence-corrected chi connectivity index (χ3v) is 5.41. The van der Waals surface area contributed by atoms with Gasteiger partial charge in [-0.05, 0) is 76.5 Å². The number of aryl methyl sites for hydroxylation is 1. The van der Waals surface area contributed by atoms with Crippen molar-refractivity contribution in [2.75, 3.05) is 26.7 Å². The molecular weight excluding hydrogens is 314 g/mol. The molecule has 2 heterocycles. The summed E-state index contributed by atoms with van der Waals surface area (Å²) in [7, 11) is 2.05. The molecule has 0 aliphatic carbocycles. The molecule has 0 atom stereocenters. The standard InChI is InChI=1S/C17H25N3S.ClH/c1-13-19-16-4-3-15(11-17(16)21-13)12-20-9-6-14(7-10-20)5-8-18-2;/h3-4,11,14,18H,5-10,12H2,1-2H3;1H. The van der Waals surface area contributed by atoms with Crippen LogP contribution in [0.5, 0.6) is 0 Å². The van der Waals surface area contributed by atoms with E-state index in [1.165, 1.54) is 42.6 Å². The first-order valence-electron chi connectivity index (χ1n) is 7.97. The smallest absolute Gasteiger partial charge is 0.0907 e. The van der Waals surface area contributed by atoms with Gasteiger partial charge < -0.3 is 5.32 Å². The molecule has 0 radical (unpaired) electrons. The average Bonchev–Trinajstić information content (AvgIpc) is 2.86. The first-order chi connectivity index (χ1) is 10.2. The molecule has 2 aromatic rings. The largest absolute Gasteiger partial charge is 0.320 e. The highest BCUT2D eigenvalue weighted by Gasteiger charge is 2.18. The molecule has 22 heavy (non-hydrogen) atoms. The molecule has 1 N–H and O–H groups in total. The number of benzene rings is 1. The third-order valence-electron chi connectivity index (χ3n) is 4.48. The summed E-state index contributed by atoms with van der Waals surface area (Å²) < 4.78 is 1.33. The van der Waals surface area contributed by atoms with Gasteiger partial charge in [0.05, 0.1) is 15.2 Å². The topological polar surface area (TPSA) is 28.2 Å². The summed E-state index contributed by atoms with van der Waals surface area (Å²) in [5.41, 5.74) is 2.58. The molecule has 3 rings (SSSR count). The summed E-state index contributed by atoms with van der Waals surface area (Å²) in [5, 5.41) is 4.43. The van der Waals surface area contributed by atoms with Crippen LogP contribution in [0.3, 0.4) is 0 Å². The lowest BCUT2D eigenvalue weighted by atomic mass is 9.93. The zero-order valence-electron chi connectivity index (χ0n) is 13.5. The van der Waals surface area contributed by atoms with Crippen LogP contribution in [0.1, 0.15) is 29.8 Å². The van der Waals surface area contributed by atoms with E-state index in [2.05, 4.69) is 40.3 Å². The van der Waals surface area contributed by atoms with E-state index in [9.17, 15) is 0 Å². The molecule has 1 aromatic carbocycles. The Balaban J connectivity index is 0.00000176. The number of likely N-dealkylation sites (tertiary alicyclic amines) is 1. The molecule has 0 spiro atoms. The van der Waals surface area contributed by atoms with Crippen LogP contribution in [0, 0.1) is 12.8 Å². The van der Waals surface area contributed by atoms with Crippen molar-refractivity contribution in [1.29, 1.82) is 0 Å². The van der Waals surface area contributed by atoms with E-state index in [-0.39, 0.29) is 12.4 Å². The van der Waals surface area contributed by atoms with Crippen LogP contribution in [-0.4, -0.2) is 36.6 Å². The molecule has 0 saturated carbocycles. The Morgan fingerprint density at radius 2 is 2.09 bits per heavy atom. The van der Waals surface area contributed by atoms with Crippen molar-refractivity contribution in [3.05, 3.63) is 28.8 Å². The number of hydrogen-bond acceptors (Lipinski definition) is 4. The molecule has 0 amide bonds. The lowest BCUT2D eigenvalue weighted by molar-refractivity contribution is 0.172. The molecule has 122 valence electrons. The molecule has 1 aliphatic rings. The van der Waals surface area contributed by atoms with Gasteiger partial charge in [-0.1, -0.05) is 6.07 Å². The molecule has 0 bridgehead atoms. The lowest BCUT2D eigenvalue weighted by Crippen LogP contribution is -2.34. The number of piperidine rings is 1. The summed E-state index contributed by atoms with van der Waals surface area (Å²) in [5.74, 6) is 0.917. The monoisotopic (exact) mass is 339 g/mol. The van der Waals surface area contributed by atoms with Gasteiger partial charge in [0.1, 0.15) is 0 Å². The van der Waals surface area contributed by atoms with Crippen molar-refractivity contribution in [3.8, 4) is 0 Å². The fourth-order valence-electron chi connectivity index (χ4n) is 3.22. The second kappa shape index (κ2) is 8.25. The Bertz CT molecular complexity index is 591. The number of halogens is 1. The first kappa shape index (κ1) is 17.7. The van der Waals surface area contributed by atoms with Gasteiger partial charge >= 0.3 is 0 Å². The summed E-state index contributed by atoms with van der Waals surface area (Å²) in [4.78, 5) is 7.14. The highest BCUT2D eigenvalue weighted by Crippen LogP contribution is 2.25. The highest BCUT2D eigenvalue weighted by molar-refractivity contribution is 7.18. The zero-order chi connectivity index (χ0) is 14.7. The van der Waals surface area contributed by atoms with E-state index in [1.54, 1.807) is 11.3 Å². The van der Waals surface area contributed by atoms with E-state index in [4.69, 9.17) is 0 Å². The average molecular weight is 340 g/mol. The van der Waals surface area contributed by atoms with Gasteiger partial charge in [0.2, 0.25) is 0 Å². The van der Waals surface area contributed by atoms with Crippen LogP contribution >= 0.6 is 23.7 Å². The number of thiazole rings is 1. The van der Waals surface area contributed by atoms with Gasteiger partial charge in [0.15, 0.2) is 0 Å². The molecule has 1 saturated heterocycles. The van der Waals surface area contributed by atoms with Crippen LogP contribution in [0.4, 0.5) is 0 Å². The van der Waals surface area contributed by atoms with Gasteiger partial charge in [-0.3, -0.25) is 4.90 Å². The maximum atomic E-state index is 4.54. The molecular formula is C17H26ClN3S. The van der Waals surface area contributed by atoms with Crippen molar-refractivity contribution in [1.82, 2.24) is 15.2 Å². The molecule has 1 fully saturated rings.